The highest BCUT2D eigenvalue weighted by atomic mass is 15.0. The van der Waals surface area contributed by atoms with Gasteiger partial charge in [0.15, 0.2) is 0 Å². The molecule has 0 N–H and O–H groups in total. The van der Waals surface area contributed by atoms with Gasteiger partial charge in [-0.3, -0.25) is 0 Å². The van der Waals surface area contributed by atoms with Crippen molar-refractivity contribution < 1.29 is 0 Å². The minimum atomic E-state index is 0.518. The van der Waals surface area contributed by atoms with Crippen LogP contribution in [-0.2, 0) is 0 Å². The summed E-state index contributed by atoms with van der Waals surface area (Å²) in [6.45, 7) is 0. The van der Waals surface area contributed by atoms with Crippen LogP contribution in [0.4, 0.5) is 0 Å². The van der Waals surface area contributed by atoms with E-state index in [0.717, 1.165) is 44.1 Å². The maximum absolute atomic E-state index is 9.99. The van der Waals surface area contributed by atoms with E-state index in [-0.39, 0.29) is 0 Å². The van der Waals surface area contributed by atoms with Gasteiger partial charge >= 0.3 is 0 Å². The van der Waals surface area contributed by atoms with Crippen molar-refractivity contribution in [2.75, 3.05) is 0 Å². The molecule has 7 aromatic carbocycles. The Labute approximate surface area is 277 Å². The molecule has 0 atom stereocenters. The van der Waals surface area contributed by atoms with Gasteiger partial charge < -0.3 is 9.13 Å². The zero-order valence-corrected chi connectivity index (χ0v) is 25.8. The zero-order chi connectivity index (χ0) is 32.2. The van der Waals surface area contributed by atoms with E-state index in [1.807, 2.05) is 12.1 Å². The summed E-state index contributed by atoms with van der Waals surface area (Å²) >= 11 is 0. The van der Waals surface area contributed by atoms with Gasteiger partial charge in [-0.2, -0.15) is 10.5 Å². The second-order valence-corrected chi connectivity index (χ2v) is 12.0. The van der Waals surface area contributed by atoms with E-state index in [0.29, 0.717) is 16.8 Å². The van der Waals surface area contributed by atoms with Crippen molar-refractivity contribution in [1.82, 2.24) is 9.13 Å². The summed E-state index contributed by atoms with van der Waals surface area (Å²) < 4.78 is 4.46. The molecule has 0 spiro atoms. The molecule has 48 heavy (non-hydrogen) atoms. The Morgan fingerprint density at radius 1 is 0.375 bits per heavy atom. The molecule has 0 fully saturated rings. The van der Waals surface area contributed by atoms with E-state index in [1.54, 1.807) is 18.2 Å². The van der Waals surface area contributed by atoms with Crippen molar-refractivity contribution in [2.45, 2.75) is 0 Å². The number of rotatable bonds is 4. The highest BCUT2D eigenvalue weighted by Gasteiger charge is 2.18. The van der Waals surface area contributed by atoms with Crippen LogP contribution in [0.25, 0.3) is 77.2 Å². The molecule has 9 rings (SSSR count). The van der Waals surface area contributed by atoms with Crippen LogP contribution in [-0.4, -0.2) is 9.13 Å². The number of benzene rings is 7. The van der Waals surface area contributed by atoms with E-state index in [9.17, 15) is 10.5 Å². The lowest BCUT2D eigenvalue weighted by Crippen LogP contribution is -1.98. The maximum atomic E-state index is 9.99. The fourth-order valence-corrected chi connectivity index (χ4v) is 7.16. The van der Waals surface area contributed by atoms with Gasteiger partial charge in [0.25, 0.3) is 0 Å². The van der Waals surface area contributed by atoms with Crippen molar-refractivity contribution in [2.24, 2.45) is 0 Å². The number of aromatic nitrogens is 2. The van der Waals surface area contributed by atoms with Gasteiger partial charge in [0, 0.05) is 27.2 Å². The first-order valence-electron chi connectivity index (χ1n) is 15.9. The lowest BCUT2D eigenvalue weighted by Gasteiger charge is -2.11. The Bertz CT molecular complexity index is 2790. The van der Waals surface area contributed by atoms with E-state index in [4.69, 9.17) is 0 Å². The predicted molar refractivity (Wildman–Crippen MR) is 195 cm³/mol. The number of nitrogens with zero attached hydrogens (tertiary/aromatic N) is 4. The highest BCUT2D eigenvalue weighted by molar-refractivity contribution is 6.13. The topological polar surface area (TPSA) is 57.4 Å². The first-order chi connectivity index (χ1) is 23.7. The first kappa shape index (κ1) is 27.4. The highest BCUT2D eigenvalue weighted by Crippen LogP contribution is 2.39. The zero-order valence-electron chi connectivity index (χ0n) is 25.8. The van der Waals surface area contributed by atoms with Crippen LogP contribution in [0.5, 0.6) is 0 Å². The second kappa shape index (κ2) is 10.9. The monoisotopic (exact) mass is 610 g/mol. The van der Waals surface area contributed by atoms with Crippen LogP contribution < -0.4 is 0 Å². The van der Waals surface area contributed by atoms with E-state index < -0.39 is 0 Å². The molecule has 0 amide bonds. The lowest BCUT2D eigenvalue weighted by atomic mass is 9.99. The molecule has 0 bridgehead atoms. The molecular weight excluding hydrogens is 585 g/mol. The van der Waals surface area contributed by atoms with E-state index in [1.165, 1.54) is 27.4 Å². The molecular formula is C44H26N4. The van der Waals surface area contributed by atoms with Gasteiger partial charge in [-0.1, -0.05) is 84.9 Å². The third-order valence-electron chi connectivity index (χ3n) is 9.38. The molecule has 4 nitrogen and oxygen atoms in total. The number of para-hydroxylation sites is 2. The van der Waals surface area contributed by atoms with Crippen molar-refractivity contribution in [1.29, 1.82) is 10.5 Å². The summed E-state index contributed by atoms with van der Waals surface area (Å²) in [6, 6.07) is 59.2. The van der Waals surface area contributed by atoms with Crippen LogP contribution in [0.2, 0.25) is 0 Å². The number of nitriles is 2. The lowest BCUT2D eigenvalue weighted by molar-refractivity contribution is 1.16. The standard InChI is InChI=1S/C44H26N4/c45-27-29-15-16-34(28-46)44(23-29)48-40-14-8-7-13-36(40)37-25-32(19-22-43(37)48)33-18-21-42-39(26-33)38-24-31(30-9-3-1-4-10-30)17-20-41(38)47(42)35-11-5-2-6-12-35/h1-26H. The molecule has 0 radical (unpaired) electrons. The van der Waals surface area contributed by atoms with Gasteiger partial charge in [-0.05, 0) is 95.1 Å². The second-order valence-electron chi connectivity index (χ2n) is 12.0. The molecule has 0 aliphatic rings. The molecule has 2 aromatic heterocycles. The van der Waals surface area contributed by atoms with Gasteiger partial charge in [0.05, 0.1) is 45.0 Å². The molecule has 0 saturated carbocycles. The summed E-state index contributed by atoms with van der Waals surface area (Å²) in [5, 5.41) is 24.2. The SMILES string of the molecule is N#Cc1ccc(C#N)c(-n2c3ccccc3c3cc(-c4ccc5c(c4)c4cc(-c6ccccc6)ccc4n5-c4ccccc4)ccc32)c1. The third-order valence-corrected chi connectivity index (χ3v) is 9.38. The molecule has 0 saturated heterocycles. The fourth-order valence-electron chi connectivity index (χ4n) is 7.16. The molecule has 4 heteroatoms. The fraction of sp³-hybridized carbons (Fsp3) is 0. The van der Waals surface area contributed by atoms with Gasteiger partial charge in [-0.25, -0.2) is 0 Å². The van der Waals surface area contributed by atoms with Crippen molar-refractivity contribution in [3.05, 3.63) is 169 Å². The first-order valence-corrected chi connectivity index (χ1v) is 15.9. The van der Waals surface area contributed by atoms with Gasteiger partial charge in [-0.15, -0.1) is 0 Å². The van der Waals surface area contributed by atoms with Crippen LogP contribution in [0.15, 0.2) is 158 Å². The predicted octanol–water partition coefficient (Wildman–Crippen LogP) is 11.0. The largest absolute Gasteiger partial charge is 0.309 e. The third kappa shape index (κ3) is 4.22. The average molecular weight is 611 g/mol. The quantitative estimate of drug-likeness (QED) is 0.199. The number of fused-ring (bicyclic) bond motifs is 6. The van der Waals surface area contributed by atoms with Crippen molar-refractivity contribution in [3.8, 4) is 45.8 Å². The summed E-state index contributed by atoms with van der Waals surface area (Å²) in [7, 11) is 0. The van der Waals surface area contributed by atoms with Crippen LogP contribution in [0, 0.1) is 22.7 Å². The molecule has 9 aromatic rings. The van der Waals surface area contributed by atoms with E-state index in [2.05, 4.69) is 149 Å². The summed E-state index contributed by atoms with van der Waals surface area (Å²) in [4.78, 5) is 0. The summed E-state index contributed by atoms with van der Waals surface area (Å²) in [5.41, 5.74) is 11.8. The number of hydrogen-bond acceptors (Lipinski definition) is 2. The Balaban J connectivity index is 1.28. The Morgan fingerprint density at radius 3 is 1.52 bits per heavy atom. The maximum Gasteiger partial charge on any atom is 0.101 e. The van der Waals surface area contributed by atoms with E-state index >= 15 is 0 Å². The molecule has 2 heterocycles. The molecule has 0 unspecified atom stereocenters. The number of hydrogen-bond donors (Lipinski definition) is 0. The smallest absolute Gasteiger partial charge is 0.101 e. The molecule has 222 valence electrons. The van der Waals surface area contributed by atoms with Crippen molar-refractivity contribution >= 4 is 43.6 Å². The van der Waals surface area contributed by atoms with Gasteiger partial charge in [0.2, 0.25) is 0 Å². The summed E-state index contributed by atoms with van der Waals surface area (Å²) in [5.74, 6) is 0. The Hall–Kier alpha value is -6.88. The molecule has 0 aliphatic carbocycles. The Kier molecular flexibility index (Phi) is 6.22. The van der Waals surface area contributed by atoms with Gasteiger partial charge in [0.1, 0.15) is 6.07 Å². The van der Waals surface area contributed by atoms with Crippen LogP contribution in [0.1, 0.15) is 11.1 Å². The average Bonchev–Trinajstić information content (AvgIpc) is 3.67. The van der Waals surface area contributed by atoms with Crippen LogP contribution in [0.3, 0.4) is 0 Å². The molecule has 0 aliphatic heterocycles. The Morgan fingerprint density at radius 2 is 0.896 bits per heavy atom. The normalized spacial score (nSPS) is 11.3. The minimum Gasteiger partial charge on any atom is -0.309 e. The minimum absolute atomic E-state index is 0.518. The summed E-state index contributed by atoms with van der Waals surface area (Å²) in [6.07, 6.45) is 0. The van der Waals surface area contributed by atoms with Crippen molar-refractivity contribution in [3.63, 3.8) is 0 Å². The van der Waals surface area contributed by atoms with Crippen LogP contribution >= 0.6 is 0 Å².